The van der Waals surface area contributed by atoms with E-state index >= 15 is 0 Å². The molecule has 2 rings (SSSR count). The molecule has 1 saturated carbocycles. The van der Waals surface area contributed by atoms with Gasteiger partial charge in [0, 0.05) is 0 Å². The van der Waals surface area contributed by atoms with Crippen molar-refractivity contribution in [3.63, 3.8) is 0 Å². The molecule has 86 valence electrons. The summed E-state index contributed by atoms with van der Waals surface area (Å²) >= 11 is 0. The van der Waals surface area contributed by atoms with E-state index in [1.54, 1.807) is 0 Å². The molecule has 16 heavy (non-hydrogen) atoms. The minimum Gasteiger partial charge on any atom is -0.481 e. The van der Waals surface area contributed by atoms with E-state index in [2.05, 4.69) is 12.1 Å². The molecule has 1 aromatic rings. The van der Waals surface area contributed by atoms with Gasteiger partial charge in [-0.15, -0.1) is 0 Å². The summed E-state index contributed by atoms with van der Waals surface area (Å²) in [4.78, 5) is 10.6. The molecule has 0 heterocycles. The van der Waals surface area contributed by atoms with E-state index < -0.39 is 5.97 Å². The van der Waals surface area contributed by atoms with E-state index in [9.17, 15) is 4.79 Å². The highest BCUT2D eigenvalue weighted by molar-refractivity contribution is 5.70. The first-order valence-electron chi connectivity index (χ1n) is 6.06. The van der Waals surface area contributed by atoms with Gasteiger partial charge in [0.2, 0.25) is 0 Å². The average molecular weight is 218 g/mol. The Labute approximate surface area is 96.3 Å². The van der Waals surface area contributed by atoms with Crippen LogP contribution in [0.15, 0.2) is 24.3 Å². The monoisotopic (exact) mass is 218 g/mol. The molecule has 0 aromatic heterocycles. The minimum atomic E-state index is -0.759. The average Bonchev–Trinajstić information content (AvgIpc) is 2.30. The van der Waals surface area contributed by atoms with Crippen LogP contribution in [0.5, 0.6) is 0 Å². The zero-order valence-electron chi connectivity index (χ0n) is 9.48. The molecule has 0 radical (unpaired) electrons. The van der Waals surface area contributed by atoms with E-state index in [-0.39, 0.29) is 6.42 Å². The van der Waals surface area contributed by atoms with Gasteiger partial charge in [0.1, 0.15) is 0 Å². The number of carbonyl (C=O) groups is 1. The van der Waals surface area contributed by atoms with Gasteiger partial charge in [-0.3, -0.25) is 4.79 Å². The smallest absolute Gasteiger partial charge is 0.307 e. The molecule has 0 aliphatic heterocycles. The summed E-state index contributed by atoms with van der Waals surface area (Å²) in [5.74, 6) is -0.0574. The number of hydrogen-bond donors (Lipinski definition) is 1. The molecule has 2 nitrogen and oxygen atoms in total. The maximum Gasteiger partial charge on any atom is 0.307 e. The van der Waals surface area contributed by atoms with Gasteiger partial charge in [0.15, 0.2) is 0 Å². The van der Waals surface area contributed by atoms with E-state index in [0.29, 0.717) is 5.92 Å². The zero-order chi connectivity index (χ0) is 11.4. The molecule has 0 atom stereocenters. The largest absolute Gasteiger partial charge is 0.481 e. The first kappa shape index (κ1) is 11.2. The highest BCUT2D eigenvalue weighted by atomic mass is 16.4. The van der Waals surface area contributed by atoms with Crippen LogP contribution in [0.1, 0.15) is 49.1 Å². The molecular weight excluding hydrogens is 200 g/mol. The van der Waals surface area contributed by atoms with Gasteiger partial charge in [-0.25, -0.2) is 0 Å². The maximum absolute atomic E-state index is 10.6. The summed E-state index contributed by atoms with van der Waals surface area (Å²) < 4.78 is 0. The highest BCUT2D eigenvalue weighted by Gasteiger charge is 2.15. The van der Waals surface area contributed by atoms with Crippen LogP contribution in [-0.4, -0.2) is 11.1 Å². The minimum absolute atomic E-state index is 0.130. The third-order valence-corrected chi connectivity index (χ3v) is 3.41. The van der Waals surface area contributed by atoms with Crippen LogP contribution >= 0.6 is 0 Å². The van der Waals surface area contributed by atoms with Crippen LogP contribution in [0, 0.1) is 0 Å². The van der Waals surface area contributed by atoms with Crippen molar-refractivity contribution >= 4 is 5.97 Å². The Kier molecular flexibility index (Phi) is 3.60. The SMILES string of the molecule is O=C(O)Cc1ccc(C2CCCCC2)cc1. The Morgan fingerprint density at radius 3 is 2.31 bits per heavy atom. The fourth-order valence-electron chi connectivity index (χ4n) is 2.52. The van der Waals surface area contributed by atoms with Crippen LogP contribution in [0.3, 0.4) is 0 Å². The lowest BCUT2D eigenvalue weighted by Gasteiger charge is -2.22. The number of carboxylic acids is 1. The van der Waals surface area contributed by atoms with Crippen molar-refractivity contribution in [2.75, 3.05) is 0 Å². The van der Waals surface area contributed by atoms with Crippen molar-refractivity contribution in [2.24, 2.45) is 0 Å². The Balaban J connectivity index is 2.03. The number of rotatable bonds is 3. The Morgan fingerprint density at radius 2 is 1.75 bits per heavy atom. The van der Waals surface area contributed by atoms with Crippen LogP contribution in [0.4, 0.5) is 0 Å². The first-order valence-corrected chi connectivity index (χ1v) is 6.06. The zero-order valence-corrected chi connectivity index (χ0v) is 9.48. The molecule has 0 amide bonds. The molecule has 1 N–H and O–H groups in total. The Morgan fingerprint density at radius 1 is 1.12 bits per heavy atom. The first-order chi connectivity index (χ1) is 7.75. The molecule has 2 heteroatoms. The standard InChI is InChI=1S/C14H18O2/c15-14(16)10-11-6-8-13(9-7-11)12-4-2-1-3-5-12/h6-9,12H,1-5,10H2,(H,15,16). The van der Waals surface area contributed by atoms with E-state index in [4.69, 9.17) is 5.11 Å². The quantitative estimate of drug-likeness (QED) is 0.844. The predicted molar refractivity (Wildman–Crippen MR) is 63.6 cm³/mol. The summed E-state index contributed by atoms with van der Waals surface area (Å²) in [6.07, 6.45) is 6.75. The van der Waals surface area contributed by atoms with Gasteiger partial charge in [0.05, 0.1) is 6.42 Å². The normalized spacial score (nSPS) is 17.2. The molecule has 0 bridgehead atoms. The summed E-state index contributed by atoms with van der Waals surface area (Å²) in [6.45, 7) is 0. The summed E-state index contributed by atoms with van der Waals surface area (Å²) in [7, 11) is 0. The number of carboxylic acid groups (broad SMARTS) is 1. The molecular formula is C14H18O2. The van der Waals surface area contributed by atoms with Gasteiger partial charge in [-0.05, 0) is 29.9 Å². The summed E-state index contributed by atoms with van der Waals surface area (Å²) in [6, 6.07) is 8.12. The second-order valence-electron chi connectivity index (χ2n) is 4.65. The molecule has 0 saturated heterocycles. The lowest BCUT2D eigenvalue weighted by molar-refractivity contribution is -0.136. The van der Waals surface area contributed by atoms with Gasteiger partial charge in [0.25, 0.3) is 0 Å². The molecule has 0 unspecified atom stereocenters. The summed E-state index contributed by atoms with van der Waals surface area (Å²) in [5.41, 5.74) is 2.28. The van der Waals surface area contributed by atoms with Crippen LogP contribution in [-0.2, 0) is 11.2 Å². The van der Waals surface area contributed by atoms with E-state index in [0.717, 1.165) is 5.56 Å². The fraction of sp³-hybridized carbons (Fsp3) is 0.500. The number of hydrogen-bond acceptors (Lipinski definition) is 1. The summed E-state index contributed by atoms with van der Waals surface area (Å²) in [5, 5.41) is 8.68. The lowest BCUT2D eigenvalue weighted by Crippen LogP contribution is -2.05. The van der Waals surface area contributed by atoms with Crippen LogP contribution in [0.25, 0.3) is 0 Å². The second kappa shape index (κ2) is 5.15. The van der Waals surface area contributed by atoms with Crippen LogP contribution < -0.4 is 0 Å². The van der Waals surface area contributed by atoms with Gasteiger partial charge < -0.3 is 5.11 Å². The number of benzene rings is 1. The molecule has 1 fully saturated rings. The van der Waals surface area contributed by atoms with Crippen LogP contribution in [0.2, 0.25) is 0 Å². The van der Waals surface area contributed by atoms with Crippen molar-refractivity contribution in [1.29, 1.82) is 0 Å². The van der Waals surface area contributed by atoms with Crippen molar-refractivity contribution in [3.05, 3.63) is 35.4 Å². The maximum atomic E-state index is 10.6. The van der Waals surface area contributed by atoms with E-state index in [1.807, 2.05) is 12.1 Å². The van der Waals surface area contributed by atoms with Gasteiger partial charge >= 0.3 is 5.97 Å². The second-order valence-corrected chi connectivity index (χ2v) is 4.65. The van der Waals surface area contributed by atoms with Crippen molar-refractivity contribution < 1.29 is 9.90 Å². The Hall–Kier alpha value is -1.31. The molecule has 1 aromatic carbocycles. The third kappa shape index (κ3) is 2.84. The molecule has 1 aliphatic carbocycles. The highest BCUT2D eigenvalue weighted by Crippen LogP contribution is 2.32. The van der Waals surface area contributed by atoms with Gasteiger partial charge in [-0.2, -0.15) is 0 Å². The van der Waals surface area contributed by atoms with Crippen molar-refractivity contribution in [3.8, 4) is 0 Å². The number of aliphatic carboxylic acids is 1. The third-order valence-electron chi connectivity index (χ3n) is 3.41. The molecule has 1 aliphatic rings. The van der Waals surface area contributed by atoms with E-state index in [1.165, 1.54) is 37.7 Å². The Bertz CT molecular complexity index is 348. The predicted octanol–water partition coefficient (Wildman–Crippen LogP) is 3.36. The van der Waals surface area contributed by atoms with Gasteiger partial charge in [-0.1, -0.05) is 43.5 Å². The topological polar surface area (TPSA) is 37.3 Å². The van der Waals surface area contributed by atoms with Crippen molar-refractivity contribution in [2.45, 2.75) is 44.4 Å². The lowest BCUT2D eigenvalue weighted by atomic mass is 9.84. The fourth-order valence-corrected chi connectivity index (χ4v) is 2.52. The molecule has 0 spiro atoms. The van der Waals surface area contributed by atoms with Crippen molar-refractivity contribution in [1.82, 2.24) is 0 Å².